The van der Waals surface area contributed by atoms with Crippen LogP contribution < -0.4 is 4.74 Å². The number of alkyl halides is 1. The summed E-state index contributed by atoms with van der Waals surface area (Å²) in [5.41, 5.74) is 1.73. The number of halogens is 4. The number of thiophene rings is 1. The fourth-order valence-electron chi connectivity index (χ4n) is 1.77. The van der Waals surface area contributed by atoms with Crippen molar-refractivity contribution in [2.45, 2.75) is 19.2 Å². The molecule has 0 bridgehead atoms. The minimum absolute atomic E-state index is 0.429. The SMILES string of the molecule is CCOc1cc(Cl)c(C(Cl)c2scc(C)c2Cl)cc1Cl. The predicted molar refractivity (Wildman–Crippen MR) is 89.4 cm³/mol. The number of ether oxygens (including phenoxy) is 1. The molecule has 2 rings (SSSR count). The number of hydrogen-bond donors (Lipinski definition) is 0. The predicted octanol–water partition coefficient (Wildman–Crippen LogP) is 6.74. The summed E-state index contributed by atoms with van der Waals surface area (Å²) in [7, 11) is 0. The van der Waals surface area contributed by atoms with E-state index in [0.29, 0.717) is 27.4 Å². The van der Waals surface area contributed by atoms with Gasteiger partial charge in [0.05, 0.1) is 22.0 Å². The molecule has 1 aromatic carbocycles. The van der Waals surface area contributed by atoms with E-state index in [9.17, 15) is 0 Å². The van der Waals surface area contributed by atoms with Gasteiger partial charge in [0.2, 0.25) is 0 Å². The third-order valence-corrected chi connectivity index (χ3v) is 5.76. The molecule has 1 atom stereocenters. The number of rotatable bonds is 4. The normalized spacial score (nSPS) is 12.5. The van der Waals surface area contributed by atoms with E-state index in [1.165, 1.54) is 11.3 Å². The number of aryl methyl sites for hydroxylation is 1. The average molecular weight is 370 g/mol. The van der Waals surface area contributed by atoms with Gasteiger partial charge in [-0.1, -0.05) is 34.8 Å². The summed E-state index contributed by atoms with van der Waals surface area (Å²) in [5.74, 6) is 0.556. The van der Waals surface area contributed by atoms with E-state index in [4.69, 9.17) is 51.1 Å². The molecule has 0 aliphatic carbocycles. The number of hydrogen-bond acceptors (Lipinski definition) is 2. The first-order valence-corrected chi connectivity index (χ1v) is 8.40. The van der Waals surface area contributed by atoms with Crippen LogP contribution in [0.2, 0.25) is 15.1 Å². The Morgan fingerprint density at radius 3 is 2.45 bits per heavy atom. The van der Waals surface area contributed by atoms with Crippen molar-refractivity contribution in [3.05, 3.63) is 48.6 Å². The summed E-state index contributed by atoms with van der Waals surface area (Å²) in [6.07, 6.45) is 0. The van der Waals surface area contributed by atoms with Crippen LogP contribution in [0.25, 0.3) is 0 Å². The zero-order valence-corrected chi connectivity index (χ0v) is 14.7. The van der Waals surface area contributed by atoms with Gasteiger partial charge in [-0.15, -0.1) is 22.9 Å². The Balaban J connectivity index is 2.42. The Hall–Kier alpha value is -0.120. The highest BCUT2D eigenvalue weighted by Crippen LogP contribution is 2.44. The maximum absolute atomic E-state index is 6.50. The molecular formula is C14H12Cl4OS. The molecular weight excluding hydrogens is 358 g/mol. The lowest BCUT2D eigenvalue weighted by atomic mass is 10.1. The van der Waals surface area contributed by atoms with Crippen molar-refractivity contribution in [1.29, 1.82) is 0 Å². The van der Waals surface area contributed by atoms with E-state index >= 15 is 0 Å². The Morgan fingerprint density at radius 2 is 1.90 bits per heavy atom. The fourth-order valence-corrected chi connectivity index (χ4v) is 4.11. The second-order valence-corrected chi connectivity index (χ2v) is 6.74. The van der Waals surface area contributed by atoms with Crippen LogP contribution in [0.4, 0.5) is 0 Å². The van der Waals surface area contributed by atoms with Crippen LogP contribution in [-0.2, 0) is 0 Å². The second-order valence-electron chi connectivity index (χ2n) is 4.20. The minimum atomic E-state index is -0.429. The maximum atomic E-state index is 6.50. The Morgan fingerprint density at radius 1 is 1.20 bits per heavy atom. The van der Waals surface area contributed by atoms with E-state index in [2.05, 4.69) is 0 Å². The molecule has 0 fully saturated rings. The quantitative estimate of drug-likeness (QED) is 0.542. The topological polar surface area (TPSA) is 9.23 Å². The van der Waals surface area contributed by atoms with Crippen LogP contribution in [0.3, 0.4) is 0 Å². The maximum Gasteiger partial charge on any atom is 0.139 e. The van der Waals surface area contributed by atoms with Crippen molar-refractivity contribution in [1.82, 2.24) is 0 Å². The average Bonchev–Trinajstić information content (AvgIpc) is 2.73. The third-order valence-electron chi connectivity index (χ3n) is 2.78. The molecule has 0 N–H and O–H groups in total. The molecule has 1 heterocycles. The molecule has 6 heteroatoms. The molecule has 0 amide bonds. The Kier molecular flexibility index (Phi) is 5.49. The highest BCUT2D eigenvalue weighted by Gasteiger charge is 2.21. The minimum Gasteiger partial charge on any atom is -0.492 e. The van der Waals surface area contributed by atoms with Crippen molar-refractivity contribution in [3.63, 3.8) is 0 Å². The molecule has 2 aromatic rings. The van der Waals surface area contributed by atoms with Gasteiger partial charge in [0.25, 0.3) is 0 Å². The van der Waals surface area contributed by atoms with Crippen LogP contribution in [0.1, 0.15) is 28.3 Å². The van der Waals surface area contributed by atoms with Gasteiger partial charge in [0.15, 0.2) is 0 Å². The first-order chi connectivity index (χ1) is 9.45. The summed E-state index contributed by atoms with van der Waals surface area (Å²) in [4.78, 5) is 0.868. The highest BCUT2D eigenvalue weighted by molar-refractivity contribution is 7.11. The largest absolute Gasteiger partial charge is 0.492 e. The lowest BCUT2D eigenvalue weighted by Crippen LogP contribution is -1.97. The number of benzene rings is 1. The molecule has 0 aliphatic heterocycles. The van der Waals surface area contributed by atoms with Crippen molar-refractivity contribution in [2.75, 3.05) is 6.61 Å². The smallest absolute Gasteiger partial charge is 0.139 e. The van der Waals surface area contributed by atoms with Gasteiger partial charge < -0.3 is 4.74 Å². The van der Waals surface area contributed by atoms with Crippen LogP contribution >= 0.6 is 57.7 Å². The van der Waals surface area contributed by atoms with E-state index in [0.717, 1.165) is 16.0 Å². The molecule has 0 saturated heterocycles. The van der Waals surface area contributed by atoms with Gasteiger partial charge in [0, 0.05) is 16.0 Å². The first-order valence-electron chi connectivity index (χ1n) is 5.95. The van der Waals surface area contributed by atoms with Crippen molar-refractivity contribution < 1.29 is 4.74 Å². The molecule has 1 nitrogen and oxygen atoms in total. The van der Waals surface area contributed by atoms with Crippen molar-refractivity contribution >= 4 is 57.7 Å². The van der Waals surface area contributed by atoms with Gasteiger partial charge in [-0.05, 0) is 36.4 Å². The standard InChI is InChI=1S/C14H12Cl4OS/c1-3-19-11-5-9(15)8(4-10(11)16)13(18)14-12(17)7(2)6-20-14/h4-6,13H,3H2,1-2H3. The zero-order valence-electron chi connectivity index (χ0n) is 10.8. The van der Waals surface area contributed by atoms with Crippen LogP contribution in [0, 0.1) is 6.92 Å². The van der Waals surface area contributed by atoms with E-state index in [-0.39, 0.29) is 0 Å². The summed E-state index contributed by atoms with van der Waals surface area (Å²) < 4.78 is 5.40. The molecule has 108 valence electrons. The zero-order chi connectivity index (χ0) is 14.9. The lowest BCUT2D eigenvalue weighted by molar-refractivity contribution is 0.340. The summed E-state index contributed by atoms with van der Waals surface area (Å²) in [6, 6.07) is 3.42. The van der Waals surface area contributed by atoms with E-state index in [1.807, 2.05) is 19.2 Å². The summed E-state index contributed by atoms with van der Waals surface area (Å²) in [5, 5.41) is 3.22. The van der Waals surface area contributed by atoms with Crippen LogP contribution in [-0.4, -0.2) is 6.61 Å². The molecule has 0 saturated carbocycles. The molecule has 1 unspecified atom stereocenters. The molecule has 0 spiro atoms. The summed E-state index contributed by atoms with van der Waals surface area (Å²) >= 11 is 26.7. The second kappa shape index (κ2) is 6.76. The van der Waals surface area contributed by atoms with Crippen LogP contribution in [0.15, 0.2) is 17.5 Å². The molecule has 20 heavy (non-hydrogen) atoms. The molecule has 1 aromatic heterocycles. The van der Waals surface area contributed by atoms with E-state index < -0.39 is 5.38 Å². The van der Waals surface area contributed by atoms with Gasteiger partial charge >= 0.3 is 0 Å². The molecule has 0 radical (unpaired) electrons. The molecule has 0 aliphatic rings. The third kappa shape index (κ3) is 3.20. The van der Waals surface area contributed by atoms with Gasteiger partial charge in [-0.3, -0.25) is 0 Å². The van der Waals surface area contributed by atoms with Crippen LogP contribution in [0.5, 0.6) is 5.75 Å². The first kappa shape index (κ1) is 16.3. The highest BCUT2D eigenvalue weighted by atomic mass is 35.5. The van der Waals surface area contributed by atoms with Crippen molar-refractivity contribution in [2.24, 2.45) is 0 Å². The van der Waals surface area contributed by atoms with Crippen molar-refractivity contribution in [3.8, 4) is 5.75 Å². The lowest BCUT2D eigenvalue weighted by Gasteiger charge is -2.14. The van der Waals surface area contributed by atoms with Gasteiger partial charge in [0.1, 0.15) is 5.75 Å². The Labute approximate surface area is 142 Å². The fraction of sp³-hybridized carbons (Fsp3) is 0.286. The van der Waals surface area contributed by atoms with Gasteiger partial charge in [-0.2, -0.15) is 0 Å². The monoisotopic (exact) mass is 368 g/mol. The van der Waals surface area contributed by atoms with Gasteiger partial charge in [-0.25, -0.2) is 0 Å². The van der Waals surface area contributed by atoms with E-state index in [1.54, 1.807) is 12.1 Å². The summed E-state index contributed by atoms with van der Waals surface area (Å²) in [6.45, 7) is 4.35. The Bertz CT molecular complexity index is 624.